The smallest absolute Gasteiger partial charge is 0.265 e. The van der Waals surface area contributed by atoms with Crippen molar-refractivity contribution in [3.63, 3.8) is 0 Å². The van der Waals surface area contributed by atoms with Crippen molar-refractivity contribution in [2.24, 2.45) is 0 Å². The molecule has 2 N–H and O–H groups in total. The lowest BCUT2D eigenvalue weighted by molar-refractivity contribution is -0.122. The Balaban J connectivity index is 2.12. The molecule has 0 radical (unpaired) electrons. The van der Waals surface area contributed by atoms with Crippen molar-refractivity contribution in [3.05, 3.63) is 18.2 Å². The van der Waals surface area contributed by atoms with E-state index in [0.29, 0.717) is 11.4 Å². The second kappa shape index (κ2) is 5.32. The van der Waals surface area contributed by atoms with E-state index in [1.165, 1.54) is 6.26 Å². The molecule has 7 heteroatoms. The van der Waals surface area contributed by atoms with Crippen LogP contribution < -0.4 is 15.4 Å². The fraction of sp³-hybridized carbons (Fsp3) is 0.462. The quantitative estimate of drug-likeness (QED) is 0.874. The Bertz CT molecular complexity index is 627. The van der Waals surface area contributed by atoms with Crippen molar-refractivity contribution in [1.82, 2.24) is 0 Å². The summed E-state index contributed by atoms with van der Waals surface area (Å²) in [6.07, 6.45) is 0.693. The van der Waals surface area contributed by atoms with Crippen LogP contribution in [0.3, 0.4) is 0 Å². The van der Waals surface area contributed by atoms with Crippen LogP contribution in [0.4, 0.5) is 11.4 Å². The minimum absolute atomic E-state index is 0.0456. The molecule has 0 aliphatic carbocycles. The van der Waals surface area contributed by atoms with Gasteiger partial charge < -0.3 is 15.4 Å². The van der Waals surface area contributed by atoms with Crippen LogP contribution in [0.25, 0.3) is 0 Å². The number of carbonyl (C=O) groups excluding carboxylic acids is 1. The number of hydrogen-bond donors (Lipinski definition) is 2. The Morgan fingerprint density at radius 2 is 2.15 bits per heavy atom. The first-order chi connectivity index (χ1) is 9.24. The van der Waals surface area contributed by atoms with E-state index in [-0.39, 0.29) is 17.7 Å². The highest BCUT2D eigenvalue weighted by Gasteiger charge is 2.23. The van der Waals surface area contributed by atoms with E-state index in [1.54, 1.807) is 32.0 Å². The largest absolute Gasteiger partial charge is 0.479 e. The second-order valence-corrected chi connectivity index (χ2v) is 7.28. The fourth-order valence-electron chi connectivity index (χ4n) is 2.08. The molecule has 2 rings (SSSR count). The Kier molecular flexibility index (Phi) is 3.89. The molecule has 1 aromatic rings. The van der Waals surface area contributed by atoms with Crippen LogP contribution >= 0.6 is 0 Å². The fourth-order valence-corrected chi connectivity index (χ4v) is 3.07. The summed E-state index contributed by atoms with van der Waals surface area (Å²) in [6, 6.07) is 5.06. The Morgan fingerprint density at radius 3 is 2.80 bits per heavy atom. The predicted octanol–water partition coefficient (Wildman–Crippen LogP) is 1.25. The van der Waals surface area contributed by atoms with E-state index in [4.69, 9.17) is 4.74 Å². The van der Waals surface area contributed by atoms with Gasteiger partial charge in [-0.15, -0.1) is 0 Å². The summed E-state index contributed by atoms with van der Waals surface area (Å²) in [5.41, 5.74) is 1.32. The molecule has 1 amide bonds. The molecule has 2 atom stereocenters. The maximum absolute atomic E-state index is 11.5. The van der Waals surface area contributed by atoms with Gasteiger partial charge in [0.25, 0.3) is 5.91 Å². The van der Waals surface area contributed by atoms with Gasteiger partial charge in [-0.05, 0) is 32.0 Å². The lowest BCUT2D eigenvalue weighted by Crippen LogP contribution is -2.34. The molecule has 1 aliphatic rings. The minimum Gasteiger partial charge on any atom is -0.479 e. The molecule has 2 unspecified atom stereocenters. The lowest BCUT2D eigenvalue weighted by Gasteiger charge is -2.24. The molecule has 0 fully saturated rings. The molecular weight excluding hydrogens is 280 g/mol. The van der Waals surface area contributed by atoms with Gasteiger partial charge in [-0.2, -0.15) is 0 Å². The summed E-state index contributed by atoms with van der Waals surface area (Å²) in [6.45, 7) is 3.47. The number of carbonyl (C=O) groups is 1. The van der Waals surface area contributed by atoms with Gasteiger partial charge in [0, 0.05) is 18.0 Å². The first-order valence-corrected chi connectivity index (χ1v) is 8.36. The molecular formula is C13H18N2O4S. The van der Waals surface area contributed by atoms with Gasteiger partial charge in [0.05, 0.1) is 11.4 Å². The summed E-state index contributed by atoms with van der Waals surface area (Å²) in [5.74, 6) is 0.460. The molecule has 0 spiro atoms. The highest BCUT2D eigenvalue weighted by Crippen LogP contribution is 2.32. The number of ether oxygens (including phenoxy) is 1. The van der Waals surface area contributed by atoms with Gasteiger partial charge in [-0.1, -0.05) is 0 Å². The van der Waals surface area contributed by atoms with Gasteiger partial charge in [-0.3, -0.25) is 4.79 Å². The van der Waals surface area contributed by atoms with E-state index in [2.05, 4.69) is 10.6 Å². The molecule has 110 valence electrons. The lowest BCUT2D eigenvalue weighted by atomic mass is 10.2. The molecule has 1 heterocycles. The highest BCUT2D eigenvalue weighted by molar-refractivity contribution is 7.90. The minimum atomic E-state index is -3.03. The van der Waals surface area contributed by atoms with Gasteiger partial charge in [0.15, 0.2) is 6.10 Å². The van der Waals surface area contributed by atoms with Crippen LogP contribution in [0, 0.1) is 0 Å². The molecule has 0 saturated carbocycles. The molecule has 1 aliphatic heterocycles. The van der Waals surface area contributed by atoms with Crippen LogP contribution in [0.2, 0.25) is 0 Å². The molecule has 0 aromatic heterocycles. The van der Waals surface area contributed by atoms with Crippen molar-refractivity contribution in [2.45, 2.75) is 26.0 Å². The maximum atomic E-state index is 11.5. The summed E-state index contributed by atoms with van der Waals surface area (Å²) in [5, 5.41) is 5.84. The second-order valence-electron chi connectivity index (χ2n) is 5.10. The number of amides is 1. The molecule has 0 bridgehead atoms. The van der Waals surface area contributed by atoms with Crippen molar-refractivity contribution in [1.29, 1.82) is 0 Å². The van der Waals surface area contributed by atoms with Crippen molar-refractivity contribution in [3.8, 4) is 5.75 Å². The van der Waals surface area contributed by atoms with Crippen molar-refractivity contribution < 1.29 is 17.9 Å². The molecule has 1 aromatic carbocycles. The average molecular weight is 298 g/mol. The number of fused-ring (bicyclic) bond motifs is 1. The number of sulfone groups is 1. The van der Waals surface area contributed by atoms with Crippen molar-refractivity contribution >= 4 is 27.1 Å². The van der Waals surface area contributed by atoms with Crippen LogP contribution in [0.5, 0.6) is 5.75 Å². The van der Waals surface area contributed by atoms with E-state index < -0.39 is 15.9 Å². The standard InChI is InChI=1S/C13H18N2O4S/c1-8(7-20(3,17)18)14-10-4-5-12-11(6-10)15-13(16)9(2)19-12/h4-6,8-9,14H,7H2,1-3H3,(H,15,16). The third-order valence-electron chi connectivity index (χ3n) is 2.88. The van der Waals surface area contributed by atoms with Gasteiger partial charge in [0.1, 0.15) is 15.6 Å². The Hall–Kier alpha value is -1.76. The zero-order valence-electron chi connectivity index (χ0n) is 11.6. The molecule has 20 heavy (non-hydrogen) atoms. The highest BCUT2D eigenvalue weighted by atomic mass is 32.2. The van der Waals surface area contributed by atoms with Crippen LogP contribution in [-0.2, 0) is 14.6 Å². The maximum Gasteiger partial charge on any atom is 0.265 e. The number of anilines is 2. The van der Waals surface area contributed by atoms with E-state index >= 15 is 0 Å². The topological polar surface area (TPSA) is 84.5 Å². The monoisotopic (exact) mass is 298 g/mol. The Morgan fingerprint density at radius 1 is 1.45 bits per heavy atom. The molecule has 6 nitrogen and oxygen atoms in total. The van der Waals surface area contributed by atoms with E-state index in [1.807, 2.05) is 0 Å². The van der Waals surface area contributed by atoms with Crippen molar-refractivity contribution in [2.75, 3.05) is 22.6 Å². The molecule has 0 saturated heterocycles. The Labute approximate surface area is 118 Å². The normalized spacial score (nSPS) is 19.6. The first kappa shape index (κ1) is 14.6. The zero-order chi connectivity index (χ0) is 14.9. The predicted molar refractivity (Wildman–Crippen MR) is 78.0 cm³/mol. The number of hydrogen-bond acceptors (Lipinski definition) is 5. The third kappa shape index (κ3) is 3.63. The average Bonchev–Trinajstić information content (AvgIpc) is 2.28. The van der Waals surface area contributed by atoms with Gasteiger partial charge in [-0.25, -0.2) is 8.42 Å². The summed E-state index contributed by atoms with van der Waals surface area (Å²) >= 11 is 0. The summed E-state index contributed by atoms with van der Waals surface area (Å²) < 4.78 is 27.9. The third-order valence-corrected chi connectivity index (χ3v) is 3.98. The first-order valence-electron chi connectivity index (χ1n) is 6.30. The van der Waals surface area contributed by atoms with E-state index in [9.17, 15) is 13.2 Å². The summed E-state index contributed by atoms with van der Waals surface area (Å²) in [7, 11) is -3.03. The van der Waals surface area contributed by atoms with Gasteiger partial charge in [0.2, 0.25) is 0 Å². The van der Waals surface area contributed by atoms with Crippen LogP contribution in [-0.4, -0.2) is 38.5 Å². The van der Waals surface area contributed by atoms with Gasteiger partial charge >= 0.3 is 0 Å². The number of nitrogens with one attached hydrogen (secondary N) is 2. The van der Waals surface area contributed by atoms with E-state index in [0.717, 1.165) is 5.69 Å². The summed E-state index contributed by atoms with van der Waals surface area (Å²) in [4.78, 5) is 11.5. The number of benzene rings is 1. The van der Waals surface area contributed by atoms with Crippen LogP contribution in [0.15, 0.2) is 18.2 Å². The zero-order valence-corrected chi connectivity index (χ0v) is 12.5. The van der Waals surface area contributed by atoms with Crippen LogP contribution in [0.1, 0.15) is 13.8 Å². The number of rotatable bonds is 4. The SMILES string of the molecule is CC(CS(C)(=O)=O)Nc1ccc2c(c1)NC(=O)C(C)O2.